The molecule has 1 N–H and O–H groups in total. The van der Waals surface area contributed by atoms with Gasteiger partial charge in [0.05, 0.1) is 18.2 Å². The van der Waals surface area contributed by atoms with Crippen LogP contribution >= 0.6 is 0 Å². The lowest BCUT2D eigenvalue weighted by molar-refractivity contribution is -0.130. The van der Waals surface area contributed by atoms with Gasteiger partial charge in [0.25, 0.3) is 0 Å². The van der Waals surface area contributed by atoms with Crippen molar-refractivity contribution in [2.45, 2.75) is 38.3 Å². The second-order valence-corrected chi connectivity index (χ2v) is 6.33. The third-order valence-electron chi connectivity index (χ3n) is 4.67. The van der Waals surface area contributed by atoms with Crippen LogP contribution in [-0.2, 0) is 21.4 Å². The monoisotopic (exact) mass is 320 g/mol. The normalized spacial score (nSPS) is 28.2. The molecule has 1 aromatic heterocycles. The van der Waals surface area contributed by atoms with E-state index in [-0.39, 0.29) is 29.9 Å². The van der Waals surface area contributed by atoms with Gasteiger partial charge in [0, 0.05) is 44.9 Å². The van der Waals surface area contributed by atoms with Gasteiger partial charge in [0.15, 0.2) is 0 Å². The molecular weight excluding hydrogens is 296 g/mol. The van der Waals surface area contributed by atoms with Crippen LogP contribution in [0.1, 0.15) is 37.9 Å². The van der Waals surface area contributed by atoms with E-state index in [1.54, 1.807) is 15.8 Å². The number of ether oxygens (including phenoxy) is 1. The van der Waals surface area contributed by atoms with E-state index in [1.165, 1.54) is 0 Å². The predicted molar refractivity (Wildman–Crippen MR) is 83.4 cm³/mol. The molecule has 2 aliphatic heterocycles. The second-order valence-electron chi connectivity index (χ2n) is 6.33. The maximum absolute atomic E-state index is 12.5. The highest BCUT2D eigenvalue weighted by atomic mass is 16.5. The van der Waals surface area contributed by atoms with Gasteiger partial charge >= 0.3 is 0 Å². The molecule has 0 radical (unpaired) electrons. The first-order chi connectivity index (χ1) is 11.1. The van der Waals surface area contributed by atoms with E-state index >= 15 is 0 Å². The molecule has 3 rings (SSSR count). The van der Waals surface area contributed by atoms with Crippen LogP contribution in [0.25, 0.3) is 0 Å². The fourth-order valence-electron chi connectivity index (χ4n) is 3.40. The zero-order valence-electron chi connectivity index (χ0n) is 13.7. The summed E-state index contributed by atoms with van der Waals surface area (Å²) in [6, 6.07) is -0.0637. The lowest BCUT2D eigenvalue weighted by Crippen LogP contribution is -2.45. The highest BCUT2D eigenvalue weighted by Crippen LogP contribution is 2.29. The van der Waals surface area contributed by atoms with E-state index in [0.717, 1.165) is 18.4 Å². The van der Waals surface area contributed by atoms with Gasteiger partial charge in [-0.15, -0.1) is 0 Å². The molecule has 2 fully saturated rings. The van der Waals surface area contributed by atoms with Gasteiger partial charge < -0.3 is 15.0 Å². The Kier molecular flexibility index (Phi) is 4.66. The summed E-state index contributed by atoms with van der Waals surface area (Å²) in [5, 5.41) is 7.29. The number of likely N-dealkylation sites (tertiary alicyclic amines) is 1. The molecule has 2 aliphatic rings. The standard InChI is InChI=1S/C16H24N4O3/c1-3-20-10-11(7-14(20)21)16(22)18-13-5-4-6-23-15(13)12-8-17-19(2)9-12/h8-9,11,13,15H,3-7,10H2,1-2H3,(H,18,22)/t11?,13-,15+/m0/s1. The van der Waals surface area contributed by atoms with E-state index in [4.69, 9.17) is 4.74 Å². The number of aromatic nitrogens is 2. The van der Waals surface area contributed by atoms with Gasteiger partial charge in [0.1, 0.15) is 6.10 Å². The summed E-state index contributed by atoms with van der Waals surface area (Å²) in [4.78, 5) is 26.1. The Morgan fingerprint density at radius 1 is 1.52 bits per heavy atom. The van der Waals surface area contributed by atoms with Crippen LogP contribution in [0.4, 0.5) is 0 Å². The molecule has 0 aliphatic carbocycles. The van der Waals surface area contributed by atoms with Crippen LogP contribution < -0.4 is 5.32 Å². The van der Waals surface area contributed by atoms with Crippen molar-refractivity contribution in [1.82, 2.24) is 20.0 Å². The van der Waals surface area contributed by atoms with Crippen LogP contribution in [-0.4, -0.2) is 52.2 Å². The first-order valence-electron chi connectivity index (χ1n) is 8.26. The Labute approximate surface area is 136 Å². The Morgan fingerprint density at radius 2 is 2.35 bits per heavy atom. The maximum Gasteiger partial charge on any atom is 0.225 e. The van der Waals surface area contributed by atoms with Crippen molar-refractivity contribution >= 4 is 11.8 Å². The summed E-state index contributed by atoms with van der Waals surface area (Å²) in [6.45, 7) is 3.81. The second kappa shape index (κ2) is 6.70. The summed E-state index contributed by atoms with van der Waals surface area (Å²) < 4.78 is 7.61. The minimum absolute atomic E-state index is 0.0429. The van der Waals surface area contributed by atoms with Crippen molar-refractivity contribution < 1.29 is 14.3 Å². The van der Waals surface area contributed by atoms with Crippen LogP contribution in [0.15, 0.2) is 12.4 Å². The maximum atomic E-state index is 12.5. The minimum atomic E-state index is -0.251. The predicted octanol–water partition coefficient (Wildman–Crippen LogP) is 0.625. The van der Waals surface area contributed by atoms with Crippen LogP contribution in [0.5, 0.6) is 0 Å². The number of amides is 2. The van der Waals surface area contributed by atoms with Crippen LogP contribution in [0.3, 0.4) is 0 Å². The zero-order chi connectivity index (χ0) is 16.4. The number of carbonyl (C=O) groups excluding carboxylic acids is 2. The molecule has 23 heavy (non-hydrogen) atoms. The Morgan fingerprint density at radius 3 is 3.00 bits per heavy atom. The Hall–Kier alpha value is -1.89. The summed E-state index contributed by atoms with van der Waals surface area (Å²) >= 11 is 0. The molecule has 0 aromatic carbocycles. The van der Waals surface area contributed by atoms with Crippen LogP contribution in [0, 0.1) is 5.92 Å². The molecule has 0 bridgehead atoms. The number of aryl methyl sites for hydroxylation is 1. The topological polar surface area (TPSA) is 76.5 Å². The highest BCUT2D eigenvalue weighted by molar-refractivity contribution is 5.89. The molecule has 7 nitrogen and oxygen atoms in total. The van der Waals surface area contributed by atoms with Gasteiger partial charge in [-0.2, -0.15) is 5.10 Å². The Bertz CT molecular complexity index is 586. The smallest absolute Gasteiger partial charge is 0.225 e. The van der Waals surface area contributed by atoms with Gasteiger partial charge in [-0.3, -0.25) is 14.3 Å². The third-order valence-corrected chi connectivity index (χ3v) is 4.67. The van der Waals surface area contributed by atoms with E-state index in [9.17, 15) is 9.59 Å². The number of hydrogen-bond donors (Lipinski definition) is 1. The fraction of sp³-hybridized carbons (Fsp3) is 0.688. The van der Waals surface area contributed by atoms with E-state index in [2.05, 4.69) is 10.4 Å². The summed E-state index contributed by atoms with van der Waals surface area (Å²) in [6.07, 6.45) is 5.65. The largest absolute Gasteiger partial charge is 0.371 e. The number of hydrogen-bond acceptors (Lipinski definition) is 4. The first kappa shape index (κ1) is 16.0. The molecule has 7 heteroatoms. The van der Waals surface area contributed by atoms with Gasteiger partial charge in [-0.25, -0.2) is 0 Å². The summed E-state index contributed by atoms with van der Waals surface area (Å²) in [5.74, 6) is -0.228. The van der Waals surface area contributed by atoms with Crippen molar-refractivity contribution in [1.29, 1.82) is 0 Å². The van der Waals surface area contributed by atoms with Gasteiger partial charge in [-0.1, -0.05) is 0 Å². The molecule has 3 atom stereocenters. The quantitative estimate of drug-likeness (QED) is 0.882. The molecule has 1 unspecified atom stereocenters. The molecule has 3 heterocycles. The number of nitrogens with zero attached hydrogens (tertiary/aromatic N) is 3. The average Bonchev–Trinajstić information content (AvgIpc) is 3.13. The van der Waals surface area contributed by atoms with E-state index in [0.29, 0.717) is 26.1 Å². The van der Waals surface area contributed by atoms with E-state index < -0.39 is 0 Å². The highest BCUT2D eigenvalue weighted by Gasteiger charge is 2.36. The summed E-state index contributed by atoms with van der Waals surface area (Å²) in [5.41, 5.74) is 0.982. The van der Waals surface area contributed by atoms with Crippen molar-refractivity contribution in [3.05, 3.63) is 18.0 Å². The molecule has 0 spiro atoms. The van der Waals surface area contributed by atoms with E-state index in [1.807, 2.05) is 20.2 Å². The SMILES string of the molecule is CCN1CC(C(=O)N[C@H]2CCCO[C@@H]2c2cnn(C)c2)CC1=O. The van der Waals surface area contributed by atoms with Crippen molar-refractivity contribution in [2.75, 3.05) is 19.7 Å². The van der Waals surface area contributed by atoms with Crippen LogP contribution in [0.2, 0.25) is 0 Å². The molecule has 1 aromatic rings. The number of nitrogens with one attached hydrogen (secondary N) is 1. The lowest BCUT2D eigenvalue weighted by atomic mass is 9.97. The number of carbonyl (C=O) groups is 2. The summed E-state index contributed by atoms with van der Waals surface area (Å²) in [7, 11) is 1.86. The molecule has 2 amide bonds. The van der Waals surface area contributed by atoms with Crippen molar-refractivity contribution in [3.8, 4) is 0 Å². The molecule has 2 saturated heterocycles. The van der Waals surface area contributed by atoms with Gasteiger partial charge in [-0.05, 0) is 19.8 Å². The van der Waals surface area contributed by atoms with Crippen molar-refractivity contribution in [3.63, 3.8) is 0 Å². The Balaban J connectivity index is 1.65. The first-order valence-corrected chi connectivity index (χ1v) is 8.26. The fourth-order valence-corrected chi connectivity index (χ4v) is 3.40. The average molecular weight is 320 g/mol. The zero-order valence-corrected chi connectivity index (χ0v) is 13.7. The molecule has 0 saturated carbocycles. The lowest BCUT2D eigenvalue weighted by Gasteiger charge is -2.32. The third kappa shape index (κ3) is 3.39. The van der Waals surface area contributed by atoms with Crippen molar-refractivity contribution in [2.24, 2.45) is 13.0 Å². The van der Waals surface area contributed by atoms with Gasteiger partial charge in [0.2, 0.25) is 11.8 Å². The molecular formula is C16H24N4O3. The number of rotatable bonds is 4. The minimum Gasteiger partial charge on any atom is -0.371 e. The molecule has 126 valence electrons.